The van der Waals surface area contributed by atoms with Crippen LogP contribution in [0.25, 0.3) is 5.70 Å². The zero-order valence-corrected chi connectivity index (χ0v) is 11.2. The fraction of sp³-hybridized carbons (Fsp3) is 0.188. The number of nitrogens with zero attached hydrogens (tertiary/aromatic N) is 2. The summed E-state index contributed by atoms with van der Waals surface area (Å²) in [6, 6.07) is 9.66. The Labute approximate surface area is 113 Å². The van der Waals surface area contributed by atoms with Crippen LogP contribution in [0.4, 0.5) is 0 Å². The van der Waals surface area contributed by atoms with E-state index in [0.717, 1.165) is 17.0 Å². The Morgan fingerprint density at radius 1 is 1.26 bits per heavy atom. The van der Waals surface area contributed by atoms with Gasteiger partial charge in [-0.3, -0.25) is 0 Å². The van der Waals surface area contributed by atoms with Crippen molar-refractivity contribution >= 4 is 5.70 Å². The van der Waals surface area contributed by atoms with E-state index in [1.165, 1.54) is 5.57 Å². The van der Waals surface area contributed by atoms with Crippen LogP contribution in [0.15, 0.2) is 54.3 Å². The van der Waals surface area contributed by atoms with Gasteiger partial charge in [-0.1, -0.05) is 12.7 Å². The lowest BCUT2D eigenvalue weighted by molar-refractivity contribution is 0.368. The van der Waals surface area contributed by atoms with Crippen LogP contribution < -0.4 is 4.74 Å². The first-order chi connectivity index (χ1) is 9.13. The van der Waals surface area contributed by atoms with Crippen LogP contribution in [0.1, 0.15) is 12.5 Å². The van der Waals surface area contributed by atoms with E-state index in [2.05, 4.69) is 23.6 Å². The number of hydrogen-bond acceptors (Lipinski definition) is 3. The Morgan fingerprint density at radius 3 is 2.58 bits per heavy atom. The van der Waals surface area contributed by atoms with Crippen molar-refractivity contribution in [2.24, 2.45) is 0 Å². The fourth-order valence-corrected chi connectivity index (χ4v) is 1.95. The number of benzene rings is 1. The Bertz CT molecular complexity index is 588. The molecule has 2 rings (SSSR count). The molecule has 0 atom stereocenters. The van der Waals surface area contributed by atoms with Crippen molar-refractivity contribution in [2.45, 2.75) is 6.92 Å². The molecule has 0 radical (unpaired) electrons. The zero-order chi connectivity index (χ0) is 13.8. The highest BCUT2D eigenvalue weighted by molar-refractivity contribution is 5.70. The average molecular weight is 252 g/mol. The normalized spacial score (nSPS) is 14.6. The summed E-state index contributed by atoms with van der Waals surface area (Å²) >= 11 is 0. The van der Waals surface area contributed by atoms with Gasteiger partial charge in [0.25, 0.3) is 0 Å². The summed E-state index contributed by atoms with van der Waals surface area (Å²) in [5.74, 6) is 0.704. The van der Waals surface area contributed by atoms with E-state index in [1.807, 2.05) is 44.3 Å². The number of rotatable bonds is 3. The zero-order valence-electron chi connectivity index (χ0n) is 11.2. The van der Waals surface area contributed by atoms with E-state index in [9.17, 15) is 0 Å². The number of hydrogen-bond donors (Lipinski definition) is 0. The van der Waals surface area contributed by atoms with Crippen molar-refractivity contribution in [1.29, 1.82) is 5.26 Å². The topological polar surface area (TPSA) is 36.3 Å². The highest BCUT2D eigenvalue weighted by Crippen LogP contribution is 2.29. The van der Waals surface area contributed by atoms with E-state index >= 15 is 0 Å². The predicted molar refractivity (Wildman–Crippen MR) is 76.2 cm³/mol. The van der Waals surface area contributed by atoms with Gasteiger partial charge >= 0.3 is 0 Å². The molecule has 0 saturated heterocycles. The van der Waals surface area contributed by atoms with Gasteiger partial charge in [-0.05, 0) is 48.4 Å². The molecule has 1 heterocycles. The SMILES string of the molecule is C=C1C(C)=CC=C(c2ccc(OCC#N)cc2)N1C. The molecule has 0 spiro atoms. The molecular weight excluding hydrogens is 236 g/mol. The second kappa shape index (κ2) is 5.45. The van der Waals surface area contributed by atoms with Gasteiger partial charge in [-0.2, -0.15) is 5.26 Å². The largest absolute Gasteiger partial charge is 0.479 e. The summed E-state index contributed by atoms with van der Waals surface area (Å²) < 4.78 is 5.24. The van der Waals surface area contributed by atoms with Crippen LogP contribution in [0.5, 0.6) is 5.75 Å². The molecule has 0 saturated carbocycles. The van der Waals surface area contributed by atoms with E-state index < -0.39 is 0 Å². The molecule has 96 valence electrons. The first-order valence-corrected chi connectivity index (χ1v) is 6.05. The third-order valence-electron chi connectivity index (χ3n) is 3.17. The summed E-state index contributed by atoms with van der Waals surface area (Å²) in [4.78, 5) is 2.07. The quantitative estimate of drug-likeness (QED) is 0.827. The minimum absolute atomic E-state index is 0.0701. The van der Waals surface area contributed by atoms with E-state index in [-0.39, 0.29) is 6.61 Å². The highest BCUT2D eigenvalue weighted by atomic mass is 16.5. The number of allylic oxidation sites excluding steroid dienone is 3. The maximum atomic E-state index is 8.47. The molecule has 0 amide bonds. The molecule has 0 aliphatic carbocycles. The maximum Gasteiger partial charge on any atom is 0.174 e. The minimum Gasteiger partial charge on any atom is -0.479 e. The molecule has 19 heavy (non-hydrogen) atoms. The first kappa shape index (κ1) is 13.0. The summed E-state index contributed by atoms with van der Waals surface area (Å²) in [5.41, 5.74) is 4.36. The molecule has 0 N–H and O–H groups in total. The lowest BCUT2D eigenvalue weighted by atomic mass is 10.0. The van der Waals surface area contributed by atoms with Crippen LogP contribution in [-0.4, -0.2) is 18.6 Å². The number of likely N-dealkylation sites (N-methyl/N-ethyl adjacent to an activating group) is 1. The summed E-state index contributed by atoms with van der Waals surface area (Å²) in [6.07, 6.45) is 4.15. The smallest absolute Gasteiger partial charge is 0.174 e. The van der Waals surface area contributed by atoms with Gasteiger partial charge in [-0.15, -0.1) is 0 Å². The molecule has 1 aliphatic heterocycles. The van der Waals surface area contributed by atoms with E-state index in [4.69, 9.17) is 10.00 Å². The lowest BCUT2D eigenvalue weighted by Gasteiger charge is -2.28. The number of nitriles is 1. The molecule has 1 aromatic carbocycles. The average Bonchev–Trinajstić information content (AvgIpc) is 2.44. The van der Waals surface area contributed by atoms with Gasteiger partial charge in [-0.25, -0.2) is 0 Å². The third-order valence-corrected chi connectivity index (χ3v) is 3.17. The summed E-state index contributed by atoms with van der Waals surface area (Å²) in [5, 5.41) is 8.47. The van der Waals surface area contributed by atoms with Crippen LogP contribution in [0, 0.1) is 11.3 Å². The van der Waals surface area contributed by atoms with E-state index in [1.54, 1.807) is 0 Å². The van der Waals surface area contributed by atoms with Crippen molar-refractivity contribution in [3.8, 4) is 11.8 Å². The van der Waals surface area contributed by atoms with Crippen molar-refractivity contribution < 1.29 is 4.74 Å². The summed E-state index contributed by atoms with van der Waals surface area (Å²) in [7, 11) is 2.00. The monoisotopic (exact) mass is 252 g/mol. The van der Waals surface area contributed by atoms with Crippen molar-refractivity contribution in [3.05, 3.63) is 59.8 Å². The van der Waals surface area contributed by atoms with E-state index in [0.29, 0.717) is 5.75 Å². The molecule has 0 bridgehead atoms. The second-order valence-electron chi connectivity index (χ2n) is 4.38. The summed E-state index contributed by atoms with van der Waals surface area (Å²) in [6.45, 7) is 6.18. The molecule has 1 aromatic rings. The van der Waals surface area contributed by atoms with Crippen molar-refractivity contribution in [2.75, 3.05) is 13.7 Å². The predicted octanol–water partition coefficient (Wildman–Crippen LogP) is 3.34. The molecule has 1 aliphatic rings. The van der Waals surface area contributed by atoms with Gasteiger partial charge in [0.15, 0.2) is 6.61 Å². The fourth-order valence-electron chi connectivity index (χ4n) is 1.95. The second-order valence-corrected chi connectivity index (χ2v) is 4.38. The first-order valence-electron chi connectivity index (χ1n) is 6.05. The molecule has 3 nitrogen and oxygen atoms in total. The van der Waals surface area contributed by atoms with Crippen molar-refractivity contribution in [3.63, 3.8) is 0 Å². The lowest BCUT2D eigenvalue weighted by Crippen LogP contribution is -2.18. The number of ether oxygens (including phenoxy) is 1. The van der Waals surface area contributed by atoms with Crippen LogP contribution in [0.2, 0.25) is 0 Å². The van der Waals surface area contributed by atoms with Gasteiger partial charge in [0.05, 0.1) is 0 Å². The maximum absolute atomic E-state index is 8.47. The minimum atomic E-state index is 0.0701. The Morgan fingerprint density at radius 2 is 1.95 bits per heavy atom. The Hall–Kier alpha value is -2.47. The molecule has 0 aromatic heterocycles. The standard InChI is InChI=1S/C16H16N2O/c1-12-4-9-16(18(3)13(12)2)14-5-7-15(8-6-14)19-11-10-17/h4-9H,2,11H2,1,3H3. The van der Waals surface area contributed by atoms with Crippen LogP contribution >= 0.6 is 0 Å². The van der Waals surface area contributed by atoms with Gasteiger partial charge < -0.3 is 9.64 Å². The molecular formula is C16H16N2O. The Kier molecular flexibility index (Phi) is 3.72. The van der Waals surface area contributed by atoms with Crippen molar-refractivity contribution in [1.82, 2.24) is 4.90 Å². The Balaban J connectivity index is 2.23. The van der Waals surface area contributed by atoms with Gasteiger partial charge in [0, 0.05) is 18.4 Å². The highest BCUT2D eigenvalue weighted by Gasteiger charge is 2.14. The van der Waals surface area contributed by atoms with Gasteiger partial charge in [0.1, 0.15) is 11.8 Å². The molecule has 0 unspecified atom stereocenters. The molecule has 0 fully saturated rings. The molecule has 3 heteroatoms. The van der Waals surface area contributed by atoms with Crippen LogP contribution in [-0.2, 0) is 0 Å². The van der Waals surface area contributed by atoms with Crippen LogP contribution in [0.3, 0.4) is 0 Å². The van der Waals surface area contributed by atoms with Gasteiger partial charge in [0.2, 0.25) is 0 Å². The third kappa shape index (κ3) is 2.69.